The van der Waals surface area contributed by atoms with Crippen molar-refractivity contribution in [3.63, 3.8) is 0 Å². The van der Waals surface area contributed by atoms with Gasteiger partial charge in [0.05, 0.1) is 17.2 Å². The molecule has 1 amide bonds. The molecule has 1 aliphatic carbocycles. The number of pyridine rings is 2. The normalized spacial score (nSPS) is 16.3. The van der Waals surface area contributed by atoms with Crippen molar-refractivity contribution in [3.8, 4) is 11.1 Å². The zero-order valence-electron chi connectivity index (χ0n) is 23.3. The van der Waals surface area contributed by atoms with E-state index in [0.29, 0.717) is 24.1 Å². The Labute approximate surface area is 243 Å². The topological polar surface area (TPSA) is 87.5 Å². The van der Waals surface area contributed by atoms with Crippen LogP contribution in [0.4, 0.5) is 5.69 Å². The van der Waals surface area contributed by atoms with Gasteiger partial charge in [-0.25, -0.2) is 0 Å². The number of anilines is 1. The lowest BCUT2D eigenvalue weighted by Gasteiger charge is -2.30. The number of hydrogen-bond donors (Lipinski definition) is 2. The zero-order valence-corrected chi connectivity index (χ0v) is 24.1. The van der Waals surface area contributed by atoms with E-state index < -0.39 is 0 Å². The van der Waals surface area contributed by atoms with Crippen molar-refractivity contribution in [2.45, 2.75) is 58.1 Å². The van der Waals surface area contributed by atoms with E-state index in [1.807, 2.05) is 41.4 Å². The van der Waals surface area contributed by atoms with Gasteiger partial charge in [-0.05, 0) is 78.1 Å². The SMILES string of the molecule is Cn1cc(-c2cccc(N3CCc4c(sc5c4CCCC5)C3=O)c2CO)cc(Cc2ccc3c(n2)CCNC3)c1=O. The number of carbonyl (C=O) groups is 1. The van der Waals surface area contributed by atoms with Crippen LogP contribution >= 0.6 is 11.3 Å². The number of nitrogens with one attached hydrogen (secondary N) is 1. The number of aliphatic hydroxyl groups excluding tert-OH is 1. The summed E-state index contributed by atoms with van der Waals surface area (Å²) in [6.07, 6.45) is 8.54. The Balaban J connectivity index is 1.24. The average Bonchev–Trinajstić information content (AvgIpc) is 3.39. The second kappa shape index (κ2) is 10.7. The van der Waals surface area contributed by atoms with Gasteiger partial charge in [-0.15, -0.1) is 11.3 Å². The third-order valence-corrected chi connectivity index (χ3v) is 10.1. The highest BCUT2D eigenvalue weighted by atomic mass is 32.1. The molecule has 2 aliphatic heterocycles. The predicted octanol–water partition coefficient (Wildman–Crippen LogP) is 4.32. The molecule has 0 radical (unpaired) electrons. The summed E-state index contributed by atoms with van der Waals surface area (Å²) in [5.74, 6) is 0.0346. The molecular weight excluding hydrogens is 532 g/mol. The van der Waals surface area contributed by atoms with Gasteiger partial charge in [0, 0.05) is 73.1 Å². The number of aliphatic hydroxyl groups is 1. The summed E-state index contributed by atoms with van der Waals surface area (Å²) in [6, 6.07) is 11.9. The lowest BCUT2D eigenvalue weighted by atomic mass is 9.91. The minimum absolute atomic E-state index is 0.0346. The molecule has 7 rings (SSSR count). The van der Waals surface area contributed by atoms with Gasteiger partial charge in [-0.3, -0.25) is 14.6 Å². The van der Waals surface area contributed by atoms with E-state index in [-0.39, 0.29) is 18.1 Å². The van der Waals surface area contributed by atoms with Crippen LogP contribution in [0.3, 0.4) is 0 Å². The number of rotatable bonds is 5. The number of nitrogens with zero attached hydrogens (tertiary/aromatic N) is 3. The van der Waals surface area contributed by atoms with Gasteiger partial charge in [-0.2, -0.15) is 0 Å². The second-order valence-corrected chi connectivity index (χ2v) is 12.5. The van der Waals surface area contributed by atoms with Crippen molar-refractivity contribution in [1.29, 1.82) is 0 Å². The van der Waals surface area contributed by atoms with Crippen molar-refractivity contribution in [3.05, 3.63) is 102 Å². The molecule has 5 heterocycles. The first-order valence-electron chi connectivity index (χ1n) is 14.6. The number of thiophene rings is 1. The molecule has 0 saturated carbocycles. The number of hydrogen-bond acceptors (Lipinski definition) is 6. The Morgan fingerprint density at radius 3 is 2.80 bits per heavy atom. The van der Waals surface area contributed by atoms with Crippen LogP contribution in [0.1, 0.15) is 66.6 Å². The van der Waals surface area contributed by atoms with Crippen LogP contribution in [0.5, 0.6) is 0 Å². The number of benzene rings is 1. The summed E-state index contributed by atoms with van der Waals surface area (Å²) in [5.41, 5.74) is 9.58. The molecule has 1 aromatic carbocycles. The molecule has 0 unspecified atom stereocenters. The molecule has 0 bridgehead atoms. The fraction of sp³-hybridized carbons (Fsp3) is 0.364. The highest BCUT2D eigenvalue weighted by Crippen LogP contribution is 2.40. The van der Waals surface area contributed by atoms with Gasteiger partial charge in [-0.1, -0.05) is 18.2 Å². The highest BCUT2D eigenvalue weighted by molar-refractivity contribution is 7.14. The van der Waals surface area contributed by atoms with Gasteiger partial charge in [0.15, 0.2) is 0 Å². The first-order valence-corrected chi connectivity index (χ1v) is 15.4. The molecule has 7 nitrogen and oxygen atoms in total. The molecule has 0 fully saturated rings. The van der Waals surface area contributed by atoms with Gasteiger partial charge >= 0.3 is 0 Å². The van der Waals surface area contributed by atoms with E-state index in [1.165, 1.54) is 34.4 Å². The minimum atomic E-state index is -0.207. The van der Waals surface area contributed by atoms with Crippen molar-refractivity contribution in [2.75, 3.05) is 18.0 Å². The van der Waals surface area contributed by atoms with Crippen LogP contribution in [0.15, 0.2) is 47.4 Å². The summed E-state index contributed by atoms with van der Waals surface area (Å²) in [5, 5.41) is 14.0. The van der Waals surface area contributed by atoms with E-state index in [4.69, 9.17) is 4.98 Å². The summed E-state index contributed by atoms with van der Waals surface area (Å²) in [7, 11) is 1.76. The van der Waals surface area contributed by atoms with E-state index in [9.17, 15) is 14.7 Å². The first-order chi connectivity index (χ1) is 20.0. The molecule has 0 spiro atoms. The fourth-order valence-electron chi connectivity index (χ4n) is 6.74. The molecule has 4 aromatic rings. The molecule has 210 valence electrons. The predicted molar refractivity (Wildman–Crippen MR) is 162 cm³/mol. The van der Waals surface area contributed by atoms with E-state index in [1.54, 1.807) is 23.0 Å². The summed E-state index contributed by atoms with van der Waals surface area (Å²) in [6.45, 7) is 2.14. The summed E-state index contributed by atoms with van der Waals surface area (Å²) >= 11 is 1.67. The Morgan fingerprint density at radius 2 is 1.93 bits per heavy atom. The molecule has 3 aromatic heterocycles. The molecule has 3 aliphatic rings. The van der Waals surface area contributed by atoms with E-state index in [2.05, 4.69) is 11.4 Å². The molecule has 0 atom stereocenters. The Morgan fingerprint density at radius 1 is 1.05 bits per heavy atom. The van der Waals surface area contributed by atoms with Crippen molar-refractivity contribution in [1.82, 2.24) is 14.9 Å². The Kier molecular flexibility index (Phi) is 6.85. The number of aromatic nitrogens is 2. The van der Waals surface area contributed by atoms with Gasteiger partial charge in [0.1, 0.15) is 0 Å². The first kappa shape index (κ1) is 26.3. The molecule has 2 N–H and O–H groups in total. The highest BCUT2D eigenvalue weighted by Gasteiger charge is 2.33. The average molecular weight is 567 g/mol. The molecule has 8 heteroatoms. The standard InChI is InChI=1S/C33H34N4O3S/c1-36-18-22(15-21(32(36)39)16-23-10-9-20-17-34-13-11-28(20)35-23)24-6-4-7-29(27(24)19-38)37-14-12-26-25-5-2-3-8-30(25)41-31(26)33(37)40/h4,6-7,9-10,15,18,34,38H,2-3,5,8,11-14,16-17,19H2,1H3. The second-order valence-electron chi connectivity index (χ2n) is 11.4. The van der Waals surface area contributed by atoms with E-state index >= 15 is 0 Å². The number of carbonyl (C=O) groups excluding carboxylic acids is 1. The van der Waals surface area contributed by atoms with Crippen molar-refractivity contribution in [2.24, 2.45) is 7.05 Å². The largest absolute Gasteiger partial charge is 0.392 e. The van der Waals surface area contributed by atoms with Crippen molar-refractivity contribution >= 4 is 22.9 Å². The van der Waals surface area contributed by atoms with Crippen LogP contribution < -0.4 is 15.8 Å². The monoisotopic (exact) mass is 566 g/mol. The number of fused-ring (bicyclic) bond motifs is 4. The maximum absolute atomic E-state index is 13.8. The van der Waals surface area contributed by atoms with Crippen LogP contribution in [-0.2, 0) is 52.3 Å². The maximum Gasteiger partial charge on any atom is 0.268 e. The Hall–Kier alpha value is -3.59. The van der Waals surface area contributed by atoms with Gasteiger partial charge in [0.2, 0.25) is 0 Å². The van der Waals surface area contributed by atoms with Crippen LogP contribution in [0.2, 0.25) is 0 Å². The van der Waals surface area contributed by atoms with Gasteiger partial charge < -0.3 is 19.9 Å². The third kappa shape index (κ3) is 4.64. The Bertz CT molecular complexity index is 1740. The van der Waals surface area contributed by atoms with Crippen LogP contribution in [-0.4, -0.2) is 33.7 Å². The quantitative estimate of drug-likeness (QED) is 0.376. The van der Waals surface area contributed by atoms with Crippen LogP contribution in [0.25, 0.3) is 11.1 Å². The summed E-state index contributed by atoms with van der Waals surface area (Å²) in [4.78, 5) is 36.0. The fourth-order valence-corrected chi connectivity index (χ4v) is 8.13. The lowest BCUT2D eigenvalue weighted by Crippen LogP contribution is -2.37. The van der Waals surface area contributed by atoms with Gasteiger partial charge in [0.25, 0.3) is 11.5 Å². The lowest BCUT2D eigenvalue weighted by molar-refractivity contribution is 0.0984. The maximum atomic E-state index is 13.8. The zero-order chi connectivity index (χ0) is 28.1. The smallest absolute Gasteiger partial charge is 0.268 e. The van der Waals surface area contributed by atoms with Crippen molar-refractivity contribution < 1.29 is 9.90 Å². The molecule has 0 saturated heterocycles. The third-order valence-electron chi connectivity index (χ3n) is 8.83. The number of amides is 1. The number of aryl methyl sites for hydroxylation is 2. The molecular formula is C33H34N4O3S. The van der Waals surface area contributed by atoms with Crippen LogP contribution in [0, 0.1) is 0 Å². The minimum Gasteiger partial charge on any atom is -0.392 e. The molecule has 41 heavy (non-hydrogen) atoms. The van der Waals surface area contributed by atoms with E-state index in [0.717, 1.165) is 71.9 Å². The summed E-state index contributed by atoms with van der Waals surface area (Å²) < 4.78 is 1.61.